The number of hydrogen-bond donors (Lipinski definition) is 1. The molecule has 0 bridgehead atoms. The Hall–Kier alpha value is -1.49. The molecule has 2 unspecified atom stereocenters. The molecule has 0 spiro atoms. The summed E-state index contributed by atoms with van der Waals surface area (Å²) in [4.78, 5) is 0. The smallest absolute Gasteiger partial charge is 0.0992 e. The Balaban J connectivity index is 2.06. The second-order valence-electron chi connectivity index (χ2n) is 4.90. The summed E-state index contributed by atoms with van der Waals surface area (Å²) in [6.07, 6.45) is 6.54. The van der Waals surface area contributed by atoms with E-state index in [0.29, 0.717) is 6.04 Å². The van der Waals surface area contributed by atoms with Crippen LogP contribution in [0, 0.1) is 17.2 Å². The van der Waals surface area contributed by atoms with Crippen LogP contribution in [0.15, 0.2) is 24.3 Å². The van der Waals surface area contributed by atoms with Crippen LogP contribution in [-0.4, -0.2) is 6.04 Å². The number of nitriles is 1. The van der Waals surface area contributed by atoms with Crippen molar-refractivity contribution in [2.75, 3.05) is 5.32 Å². The lowest BCUT2D eigenvalue weighted by Crippen LogP contribution is -2.31. The highest BCUT2D eigenvalue weighted by molar-refractivity contribution is 5.49. The van der Waals surface area contributed by atoms with Gasteiger partial charge >= 0.3 is 0 Å². The predicted octanol–water partition coefficient (Wildman–Crippen LogP) is 3.94. The largest absolute Gasteiger partial charge is 0.382 e. The molecule has 1 aromatic rings. The minimum absolute atomic E-state index is 0.586. The summed E-state index contributed by atoms with van der Waals surface area (Å²) in [7, 11) is 0. The molecule has 2 atom stereocenters. The molecule has 2 nitrogen and oxygen atoms in total. The third-order valence-corrected chi connectivity index (χ3v) is 3.78. The van der Waals surface area contributed by atoms with E-state index >= 15 is 0 Å². The predicted molar refractivity (Wildman–Crippen MR) is 70.8 cm³/mol. The maximum atomic E-state index is 8.89. The fourth-order valence-corrected chi connectivity index (χ4v) is 2.78. The Labute approximate surface area is 104 Å². The van der Waals surface area contributed by atoms with E-state index in [1.54, 1.807) is 0 Å². The lowest BCUT2D eigenvalue weighted by molar-refractivity contribution is 0.317. The second-order valence-corrected chi connectivity index (χ2v) is 4.90. The van der Waals surface area contributed by atoms with Gasteiger partial charge in [0.25, 0.3) is 0 Å². The first-order valence-electron chi connectivity index (χ1n) is 6.60. The van der Waals surface area contributed by atoms with Gasteiger partial charge in [-0.3, -0.25) is 0 Å². The van der Waals surface area contributed by atoms with Crippen molar-refractivity contribution < 1.29 is 0 Å². The molecule has 1 aliphatic rings. The van der Waals surface area contributed by atoms with Crippen molar-refractivity contribution in [2.24, 2.45) is 5.92 Å². The Morgan fingerprint density at radius 2 is 2.18 bits per heavy atom. The zero-order valence-electron chi connectivity index (χ0n) is 10.4. The molecular weight excluding hydrogens is 208 g/mol. The highest BCUT2D eigenvalue weighted by Gasteiger charge is 2.23. The van der Waals surface area contributed by atoms with Crippen LogP contribution in [0.3, 0.4) is 0 Å². The molecule has 1 fully saturated rings. The van der Waals surface area contributed by atoms with Crippen molar-refractivity contribution in [3.8, 4) is 6.07 Å². The number of rotatable bonds is 3. The third kappa shape index (κ3) is 3.00. The topological polar surface area (TPSA) is 35.8 Å². The minimum Gasteiger partial charge on any atom is -0.382 e. The first-order chi connectivity index (χ1) is 8.33. The molecule has 0 heterocycles. The van der Waals surface area contributed by atoms with Gasteiger partial charge in [0.1, 0.15) is 0 Å². The highest BCUT2D eigenvalue weighted by atomic mass is 14.9. The molecule has 2 heteroatoms. The van der Waals surface area contributed by atoms with Gasteiger partial charge < -0.3 is 5.32 Å². The fraction of sp³-hybridized carbons (Fsp3) is 0.533. The van der Waals surface area contributed by atoms with Gasteiger partial charge in [-0.1, -0.05) is 32.3 Å². The molecule has 1 aliphatic carbocycles. The molecule has 0 saturated heterocycles. The van der Waals surface area contributed by atoms with Crippen molar-refractivity contribution in [1.29, 1.82) is 5.26 Å². The Kier molecular flexibility index (Phi) is 4.03. The first kappa shape index (κ1) is 12.0. The zero-order valence-corrected chi connectivity index (χ0v) is 10.4. The van der Waals surface area contributed by atoms with E-state index in [9.17, 15) is 0 Å². The van der Waals surface area contributed by atoms with Crippen LogP contribution in [0.5, 0.6) is 0 Å². The molecule has 2 rings (SSSR count). The quantitative estimate of drug-likeness (QED) is 0.850. The van der Waals surface area contributed by atoms with Gasteiger partial charge in [0.2, 0.25) is 0 Å². The number of nitrogens with zero attached hydrogens (tertiary/aromatic N) is 1. The van der Waals surface area contributed by atoms with Crippen LogP contribution < -0.4 is 5.32 Å². The van der Waals surface area contributed by atoms with Crippen LogP contribution in [-0.2, 0) is 0 Å². The Morgan fingerprint density at radius 3 is 2.94 bits per heavy atom. The maximum absolute atomic E-state index is 8.89. The normalized spacial score (nSPS) is 24.0. The highest BCUT2D eigenvalue weighted by Crippen LogP contribution is 2.29. The van der Waals surface area contributed by atoms with Gasteiger partial charge in [-0.05, 0) is 37.0 Å². The lowest BCUT2D eigenvalue weighted by atomic mass is 9.83. The summed E-state index contributed by atoms with van der Waals surface area (Å²) in [5.74, 6) is 0.787. The summed E-state index contributed by atoms with van der Waals surface area (Å²) in [6.45, 7) is 2.27. The van der Waals surface area contributed by atoms with Crippen molar-refractivity contribution in [2.45, 2.75) is 45.1 Å². The number of nitrogens with one attached hydrogen (secondary N) is 1. The Morgan fingerprint density at radius 1 is 1.35 bits per heavy atom. The number of hydrogen-bond acceptors (Lipinski definition) is 2. The molecule has 0 amide bonds. The molecule has 1 saturated carbocycles. The average Bonchev–Trinajstić information content (AvgIpc) is 2.39. The fourth-order valence-electron chi connectivity index (χ4n) is 2.78. The van der Waals surface area contributed by atoms with E-state index in [1.165, 1.54) is 32.1 Å². The minimum atomic E-state index is 0.586. The maximum Gasteiger partial charge on any atom is 0.0992 e. The van der Waals surface area contributed by atoms with Gasteiger partial charge in [0.15, 0.2) is 0 Å². The van der Waals surface area contributed by atoms with Crippen molar-refractivity contribution in [3.05, 3.63) is 29.8 Å². The average molecular weight is 228 g/mol. The van der Waals surface area contributed by atoms with Crippen LogP contribution >= 0.6 is 0 Å². The molecule has 0 radical (unpaired) electrons. The summed E-state index contributed by atoms with van der Waals surface area (Å²) >= 11 is 0. The molecule has 1 N–H and O–H groups in total. The second kappa shape index (κ2) is 5.72. The zero-order chi connectivity index (χ0) is 12.1. The lowest BCUT2D eigenvalue weighted by Gasteiger charge is -2.32. The molecule has 1 aromatic carbocycles. The van der Waals surface area contributed by atoms with E-state index < -0.39 is 0 Å². The van der Waals surface area contributed by atoms with Gasteiger partial charge in [-0.25, -0.2) is 0 Å². The van der Waals surface area contributed by atoms with Gasteiger partial charge in [0.05, 0.1) is 11.6 Å². The number of benzene rings is 1. The van der Waals surface area contributed by atoms with Crippen molar-refractivity contribution >= 4 is 5.69 Å². The monoisotopic (exact) mass is 228 g/mol. The standard InChI is InChI=1S/C15H20N2/c1-2-13-7-3-4-9-15(13)17-14-8-5-6-12(10-14)11-16/h5-6,8,10,13,15,17H,2-4,7,9H2,1H3. The van der Waals surface area contributed by atoms with Crippen LogP contribution in [0.4, 0.5) is 5.69 Å². The van der Waals surface area contributed by atoms with Crippen molar-refractivity contribution in [3.63, 3.8) is 0 Å². The molecule has 0 aliphatic heterocycles. The Bertz CT molecular complexity index is 406. The first-order valence-corrected chi connectivity index (χ1v) is 6.60. The third-order valence-electron chi connectivity index (χ3n) is 3.78. The van der Waals surface area contributed by atoms with E-state index in [2.05, 4.69) is 24.4 Å². The van der Waals surface area contributed by atoms with Gasteiger partial charge in [0, 0.05) is 11.7 Å². The van der Waals surface area contributed by atoms with E-state index in [4.69, 9.17) is 5.26 Å². The van der Waals surface area contributed by atoms with E-state index in [0.717, 1.165) is 17.2 Å². The van der Waals surface area contributed by atoms with Gasteiger partial charge in [-0.2, -0.15) is 5.26 Å². The van der Waals surface area contributed by atoms with Crippen LogP contribution in [0.2, 0.25) is 0 Å². The van der Waals surface area contributed by atoms with Gasteiger partial charge in [-0.15, -0.1) is 0 Å². The molecular formula is C15H20N2. The number of anilines is 1. The molecule has 17 heavy (non-hydrogen) atoms. The summed E-state index contributed by atoms with van der Waals surface area (Å²) < 4.78 is 0. The van der Waals surface area contributed by atoms with E-state index in [1.807, 2.05) is 18.2 Å². The van der Waals surface area contributed by atoms with Crippen LogP contribution in [0.1, 0.15) is 44.6 Å². The molecule has 90 valence electrons. The molecule has 0 aromatic heterocycles. The summed E-state index contributed by atoms with van der Waals surface area (Å²) in [5.41, 5.74) is 1.83. The summed E-state index contributed by atoms with van der Waals surface area (Å²) in [5, 5.41) is 12.5. The SMILES string of the molecule is CCC1CCCCC1Nc1cccc(C#N)c1. The van der Waals surface area contributed by atoms with Crippen LogP contribution in [0.25, 0.3) is 0 Å². The summed E-state index contributed by atoms with van der Waals surface area (Å²) in [6, 6.07) is 10.6. The van der Waals surface area contributed by atoms with Crippen molar-refractivity contribution in [1.82, 2.24) is 0 Å². The van der Waals surface area contributed by atoms with E-state index in [-0.39, 0.29) is 0 Å².